The number of β-amino-alcohol motifs (C(OH)–C–C–N with tert-alkyl or cyclic N) is 1. The standard InChI is InChI=1S/C17H24N2O3/c1-13-4-2-3-5-14(13)10-17(21)19-11-15(16(20)12-19)18-6-8-22-9-7-18/h2-5,15-16,20H,6-12H2,1H3/t15-,16-/m1/s1. The van der Waals surface area contributed by atoms with Crippen LogP contribution in [0.4, 0.5) is 0 Å². The Kier molecular flexibility index (Phi) is 4.76. The van der Waals surface area contributed by atoms with Crippen molar-refractivity contribution in [2.45, 2.75) is 25.5 Å². The number of ether oxygens (including phenoxy) is 1. The molecule has 22 heavy (non-hydrogen) atoms. The highest BCUT2D eigenvalue weighted by Crippen LogP contribution is 2.19. The van der Waals surface area contributed by atoms with Gasteiger partial charge < -0.3 is 14.7 Å². The molecule has 1 amide bonds. The molecule has 0 unspecified atom stereocenters. The van der Waals surface area contributed by atoms with Gasteiger partial charge in [-0.1, -0.05) is 24.3 Å². The van der Waals surface area contributed by atoms with Gasteiger partial charge in [0.05, 0.1) is 31.8 Å². The van der Waals surface area contributed by atoms with E-state index in [-0.39, 0.29) is 11.9 Å². The molecule has 0 aliphatic carbocycles. The summed E-state index contributed by atoms with van der Waals surface area (Å²) in [5.74, 6) is 0.101. The van der Waals surface area contributed by atoms with Crippen LogP contribution < -0.4 is 0 Å². The lowest BCUT2D eigenvalue weighted by atomic mass is 10.1. The summed E-state index contributed by atoms with van der Waals surface area (Å²) in [6.07, 6.45) is -0.0474. The molecule has 1 aromatic carbocycles. The van der Waals surface area contributed by atoms with Crippen LogP contribution in [0.3, 0.4) is 0 Å². The highest BCUT2D eigenvalue weighted by molar-refractivity contribution is 5.79. The monoisotopic (exact) mass is 304 g/mol. The Bertz CT molecular complexity index is 528. The van der Waals surface area contributed by atoms with Crippen molar-refractivity contribution in [2.24, 2.45) is 0 Å². The average molecular weight is 304 g/mol. The summed E-state index contributed by atoms with van der Waals surface area (Å²) >= 11 is 0. The SMILES string of the molecule is Cc1ccccc1CC(=O)N1C[C@@H](O)[C@H](N2CCOCC2)C1. The molecule has 1 aromatic rings. The Morgan fingerprint density at radius 3 is 2.73 bits per heavy atom. The van der Waals surface area contributed by atoms with Crippen molar-refractivity contribution in [3.8, 4) is 0 Å². The van der Waals surface area contributed by atoms with Crippen LogP contribution in [-0.4, -0.2) is 72.4 Å². The fourth-order valence-corrected chi connectivity index (χ4v) is 3.32. The summed E-state index contributed by atoms with van der Waals surface area (Å²) in [4.78, 5) is 16.6. The number of nitrogens with zero attached hydrogens (tertiary/aromatic N) is 2. The van der Waals surface area contributed by atoms with E-state index in [1.807, 2.05) is 31.2 Å². The Labute approximate surface area is 131 Å². The van der Waals surface area contributed by atoms with Crippen LogP contribution in [0.5, 0.6) is 0 Å². The van der Waals surface area contributed by atoms with Gasteiger partial charge in [-0.2, -0.15) is 0 Å². The highest BCUT2D eigenvalue weighted by atomic mass is 16.5. The molecular formula is C17H24N2O3. The molecule has 2 atom stereocenters. The number of benzene rings is 1. The second-order valence-electron chi connectivity index (χ2n) is 6.19. The maximum absolute atomic E-state index is 12.5. The molecular weight excluding hydrogens is 280 g/mol. The van der Waals surface area contributed by atoms with Crippen LogP contribution in [0.2, 0.25) is 0 Å². The third kappa shape index (κ3) is 3.32. The molecule has 2 fully saturated rings. The zero-order valence-corrected chi connectivity index (χ0v) is 13.1. The van der Waals surface area contributed by atoms with Gasteiger partial charge in [-0.05, 0) is 18.1 Å². The van der Waals surface area contributed by atoms with Gasteiger partial charge in [0.1, 0.15) is 0 Å². The molecule has 0 radical (unpaired) electrons. The third-order valence-corrected chi connectivity index (χ3v) is 4.73. The first-order valence-corrected chi connectivity index (χ1v) is 7.97. The molecule has 2 heterocycles. The molecule has 2 aliphatic rings. The minimum Gasteiger partial charge on any atom is -0.390 e. The number of hydrogen-bond acceptors (Lipinski definition) is 4. The highest BCUT2D eigenvalue weighted by Gasteiger charge is 2.37. The second kappa shape index (κ2) is 6.77. The topological polar surface area (TPSA) is 53.0 Å². The van der Waals surface area contributed by atoms with E-state index in [2.05, 4.69) is 4.90 Å². The van der Waals surface area contributed by atoms with Gasteiger partial charge in [0.2, 0.25) is 5.91 Å². The molecule has 0 aromatic heterocycles. The van der Waals surface area contributed by atoms with E-state index < -0.39 is 6.10 Å². The third-order valence-electron chi connectivity index (χ3n) is 4.73. The Morgan fingerprint density at radius 2 is 2.00 bits per heavy atom. The molecule has 1 N–H and O–H groups in total. The number of aliphatic hydroxyl groups excluding tert-OH is 1. The number of aliphatic hydroxyl groups is 1. The van der Waals surface area contributed by atoms with Crippen molar-refractivity contribution in [3.63, 3.8) is 0 Å². The van der Waals surface area contributed by atoms with Crippen molar-refractivity contribution < 1.29 is 14.6 Å². The number of hydrogen-bond donors (Lipinski definition) is 1. The lowest BCUT2D eigenvalue weighted by molar-refractivity contribution is -0.129. The van der Waals surface area contributed by atoms with E-state index in [1.54, 1.807) is 4.90 Å². The predicted octanol–water partition coefficient (Wildman–Crippen LogP) is 0.441. The van der Waals surface area contributed by atoms with E-state index in [1.165, 1.54) is 0 Å². The first kappa shape index (κ1) is 15.5. The van der Waals surface area contributed by atoms with Crippen LogP contribution >= 0.6 is 0 Å². The van der Waals surface area contributed by atoms with Crippen molar-refractivity contribution in [3.05, 3.63) is 35.4 Å². The normalized spacial score (nSPS) is 26.4. The summed E-state index contributed by atoms with van der Waals surface area (Å²) in [6, 6.07) is 8.02. The Morgan fingerprint density at radius 1 is 1.27 bits per heavy atom. The van der Waals surface area contributed by atoms with E-state index in [0.29, 0.717) is 32.7 Å². The Balaban J connectivity index is 1.61. The maximum Gasteiger partial charge on any atom is 0.227 e. The molecule has 3 rings (SSSR count). The van der Waals surface area contributed by atoms with Crippen LogP contribution in [-0.2, 0) is 16.0 Å². The second-order valence-corrected chi connectivity index (χ2v) is 6.19. The molecule has 0 saturated carbocycles. The first-order valence-electron chi connectivity index (χ1n) is 7.97. The van der Waals surface area contributed by atoms with Crippen molar-refractivity contribution in [1.82, 2.24) is 9.80 Å². The van der Waals surface area contributed by atoms with Crippen molar-refractivity contribution in [2.75, 3.05) is 39.4 Å². The largest absolute Gasteiger partial charge is 0.390 e. The molecule has 2 aliphatic heterocycles. The predicted molar refractivity (Wildman–Crippen MR) is 83.6 cm³/mol. The van der Waals surface area contributed by atoms with E-state index in [0.717, 1.165) is 24.2 Å². The summed E-state index contributed by atoms with van der Waals surface area (Å²) in [7, 11) is 0. The fourth-order valence-electron chi connectivity index (χ4n) is 3.32. The average Bonchev–Trinajstić information content (AvgIpc) is 2.92. The van der Waals surface area contributed by atoms with Gasteiger partial charge in [-0.3, -0.25) is 9.69 Å². The number of rotatable bonds is 3. The van der Waals surface area contributed by atoms with E-state index in [4.69, 9.17) is 4.74 Å². The maximum atomic E-state index is 12.5. The summed E-state index contributed by atoms with van der Waals surface area (Å²) < 4.78 is 5.36. The molecule has 0 bridgehead atoms. The van der Waals surface area contributed by atoms with Crippen LogP contribution in [0.15, 0.2) is 24.3 Å². The minimum absolute atomic E-state index is 0.0460. The van der Waals surface area contributed by atoms with Crippen LogP contribution in [0.1, 0.15) is 11.1 Å². The molecule has 0 spiro atoms. The van der Waals surface area contributed by atoms with E-state index >= 15 is 0 Å². The van der Waals surface area contributed by atoms with Crippen molar-refractivity contribution in [1.29, 1.82) is 0 Å². The number of morpholine rings is 1. The Hall–Kier alpha value is -1.43. The summed E-state index contributed by atoms with van der Waals surface area (Å²) in [5, 5.41) is 10.3. The number of amides is 1. The molecule has 2 saturated heterocycles. The summed E-state index contributed by atoms with van der Waals surface area (Å²) in [5.41, 5.74) is 2.21. The minimum atomic E-state index is -0.459. The first-order chi connectivity index (χ1) is 10.6. The quantitative estimate of drug-likeness (QED) is 0.880. The van der Waals surface area contributed by atoms with Gasteiger partial charge in [0.25, 0.3) is 0 Å². The van der Waals surface area contributed by atoms with Gasteiger partial charge >= 0.3 is 0 Å². The zero-order chi connectivity index (χ0) is 15.5. The fraction of sp³-hybridized carbons (Fsp3) is 0.588. The smallest absolute Gasteiger partial charge is 0.227 e. The number of carbonyl (C=O) groups excluding carboxylic acids is 1. The van der Waals surface area contributed by atoms with Crippen LogP contribution in [0, 0.1) is 6.92 Å². The molecule has 5 nitrogen and oxygen atoms in total. The number of aryl methyl sites for hydroxylation is 1. The van der Waals surface area contributed by atoms with Gasteiger partial charge in [-0.15, -0.1) is 0 Å². The molecule has 5 heteroatoms. The lowest BCUT2D eigenvalue weighted by Gasteiger charge is -2.33. The number of likely N-dealkylation sites (tertiary alicyclic amines) is 1. The lowest BCUT2D eigenvalue weighted by Crippen LogP contribution is -2.49. The van der Waals surface area contributed by atoms with Crippen LogP contribution in [0.25, 0.3) is 0 Å². The van der Waals surface area contributed by atoms with E-state index in [9.17, 15) is 9.90 Å². The van der Waals surface area contributed by atoms with Crippen molar-refractivity contribution >= 4 is 5.91 Å². The zero-order valence-electron chi connectivity index (χ0n) is 13.1. The summed E-state index contributed by atoms with van der Waals surface area (Å²) in [6.45, 7) is 6.17. The number of carbonyl (C=O) groups is 1. The van der Waals surface area contributed by atoms with Gasteiger partial charge in [0.15, 0.2) is 0 Å². The van der Waals surface area contributed by atoms with Gasteiger partial charge in [-0.25, -0.2) is 0 Å². The molecule has 120 valence electrons. The van der Waals surface area contributed by atoms with Gasteiger partial charge in [0, 0.05) is 26.2 Å².